The Morgan fingerprint density at radius 2 is 0.611 bits per heavy atom. The maximum atomic E-state index is 2.67. The minimum atomic E-state index is 0.518. The zero-order valence-corrected chi connectivity index (χ0v) is 42.1. The van der Waals surface area contributed by atoms with Gasteiger partial charge in [0.2, 0.25) is 0 Å². The number of anilines is 6. The van der Waals surface area contributed by atoms with Crippen molar-refractivity contribution in [3.63, 3.8) is 0 Å². The maximum Gasteiger partial charge on any atom is 0.0543 e. The molecule has 0 heterocycles. The van der Waals surface area contributed by atoms with Crippen LogP contribution < -0.4 is 9.80 Å². The molecule has 358 valence electrons. The number of rotatable bonds is 10. The van der Waals surface area contributed by atoms with Crippen molar-refractivity contribution in [2.24, 2.45) is 0 Å². The fraction of sp³-hybridized carbons (Fsp3) is 0.314. The van der Waals surface area contributed by atoms with Crippen LogP contribution in [0.4, 0.5) is 34.1 Å². The molecule has 0 saturated heterocycles. The molecule has 4 aliphatic rings. The monoisotopic (exact) mass is 937 g/mol. The Bertz CT molecular complexity index is 3310. The molecule has 10 aromatic carbocycles. The fourth-order valence-corrected chi connectivity index (χ4v) is 14.8. The summed E-state index contributed by atoms with van der Waals surface area (Å²) < 4.78 is 0. The second-order valence-corrected chi connectivity index (χ2v) is 22.5. The molecule has 2 heteroatoms. The van der Waals surface area contributed by atoms with Crippen molar-refractivity contribution in [2.75, 3.05) is 9.80 Å². The van der Waals surface area contributed by atoms with Gasteiger partial charge < -0.3 is 9.80 Å². The van der Waals surface area contributed by atoms with Crippen LogP contribution >= 0.6 is 0 Å². The summed E-state index contributed by atoms with van der Waals surface area (Å²) in [4.78, 5) is 5.33. The number of hydrogen-bond donors (Lipinski definition) is 0. The normalized spacial score (nSPS) is 17.6. The van der Waals surface area contributed by atoms with Crippen molar-refractivity contribution < 1.29 is 0 Å². The molecule has 0 unspecified atom stereocenters. The quantitative estimate of drug-likeness (QED) is 0.126. The lowest BCUT2D eigenvalue weighted by Crippen LogP contribution is -2.15. The SMILES string of the molecule is c1ccc2c(N(c3ccc(C4CCCC4)cc3)c3cc(C4CCCCC4)c4ccc5c(N(c6ccc(C7CCCC7)cc6)c6cccc7ccccc67)cc(C6CCCCC6)c6ccc3c4c65)cccc2c1. The minimum absolute atomic E-state index is 0.518. The van der Waals surface area contributed by atoms with Crippen molar-refractivity contribution in [3.8, 4) is 0 Å². The van der Waals surface area contributed by atoms with Gasteiger partial charge in [0.25, 0.3) is 0 Å². The van der Waals surface area contributed by atoms with Gasteiger partial charge in [-0.1, -0.05) is 186 Å². The summed E-state index contributed by atoms with van der Waals surface area (Å²) in [6.07, 6.45) is 23.5. The molecule has 4 aliphatic carbocycles. The lowest BCUT2D eigenvalue weighted by atomic mass is 9.77. The van der Waals surface area contributed by atoms with Crippen LogP contribution in [0.5, 0.6) is 0 Å². The largest absolute Gasteiger partial charge is 0.309 e. The van der Waals surface area contributed by atoms with Crippen LogP contribution in [0.2, 0.25) is 0 Å². The second-order valence-electron chi connectivity index (χ2n) is 22.5. The van der Waals surface area contributed by atoms with E-state index in [0.29, 0.717) is 23.7 Å². The van der Waals surface area contributed by atoms with Crippen molar-refractivity contribution in [1.82, 2.24) is 0 Å². The van der Waals surface area contributed by atoms with Gasteiger partial charge in [0.1, 0.15) is 0 Å². The average Bonchev–Trinajstić information content (AvgIpc) is 4.21. The molecule has 4 saturated carbocycles. The minimum Gasteiger partial charge on any atom is -0.309 e. The molecule has 10 aromatic rings. The average molecular weight is 937 g/mol. The Hall–Kier alpha value is -6.64. The molecule has 0 spiro atoms. The topological polar surface area (TPSA) is 6.48 Å². The molecule has 0 radical (unpaired) electrons. The first-order chi connectivity index (χ1) is 35.7. The summed E-state index contributed by atoms with van der Waals surface area (Å²) in [5.41, 5.74) is 13.7. The molecule has 2 nitrogen and oxygen atoms in total. The van der Waals surface area contributed by atoms with Gasteiger partial charge in [0.15, 0.2) is 0 Å². The molecule has 0 atom stereocenters. The van der Waals surface area contributed by atoms with Crippen molar-refractivity contribution in [3.05, 3.63) is 192 Å². The molecular formula is C70H68N2. The van der Waals surface area contributed by atoms with E-state index >= 15 is 0 Å². The Balaban J connectivity index is 1.08. The highest BCUT2D eigenvalue weighted by Crippen LogP contribution is 2.54. The predicted molar refractivity (Wildman–Crippen MR) is 309 cm³/mol. The van der Waals surface area contributed by atoms with E-state index in [-0.39, 0.29) is 0 Å². The van der Waals surface area contributed by atoms with Gasteiger partial charge in [0, 0.05) is 32.9 Å². The molecule has 0 aromatic heterocycles. The Morgan fingerprint density at radius 3 is 1.03 bits per heavy atom. The lowest BCUT2D eigenvalue weighted by molar-refractivity contribution is 0.445. The molecule has 0 bridgehead atoms. The highest BCUT2D eigenvalue weighted by molar-refractivity contribution is 6.30. The molecule has 0 aliphatic heterocycles. The van der Waals surface area contributed by atoms with E-state index in [2.05, 4.69) is 180 Å². The van der Waals surface area contributed by atoms with E-state index in [1.54, 1.807) is 0 Å². The second kappa shape index (κ2) is 18.8. The first-order valence-electron chi connectivity index (χ1n) is 28.3. The van der Waals surface area contributed by atoms with Crippen LogP contribution in [0, 0.1) is 0 Å². The molecule has 72 heavy (non-hydrogen) atoms. The zero-order valence-electron chi connectivity index (χ0n) is 42.1. The van der Waals surface area contributed by atoms with E-state index in [4.69, 9.17) is 0 Å². The third-order valence-electron chi connectivity index (χ3n) is 18.5. The summed E-state index contributed by atoms with van der Waals surface area (Å²) >= 11 is 0. The van der Waals surface area contributed by atoms with Crippen LogP contribution in [0.3, 0.4) is 0 Å². The molecular weight excluding hydrogens is 869 g/mol. The first-order valence-corrected chi connectivity index (χ1v) is 28.3. The summed E-state index contributed by atoms with van der Waals surface area (Å²) in [6, 6.07) is 67.2. The van der Waals surface area contributed by atoms with Gasteiger partial charge in [-0.25, -0.2) is 0 Å². The lowest BCUT2D eigenvalue weighted by Gasteiger charge is -2.34. The number of hydrogen-bond acceptors (Lipinski definition) is 2. The number of benzene rings is 10. The van der Waals surface area contributed by atoms with Crippen molar-refractivity contribution in [2.45, 2.75) is 139 Å². The Kier molecular flexibility index (Phi) is 11.5. The van der Waals surface area contributed by atoms with Gasteiger partial charge >= 0.3 is 0 Å². The summed E-state index contributed by atoms with van der Waals surface area (Å²) in [6.45, 7) is 0. The molecule has 4 fully saturated rings. The highest BCUT2D eigenvalue weighted by Gasteiger charge is 2.31. The van der Waals surface area contributed by atoms with E-state index in [0.717, 1.165) is 0 Å². The molecule has 0 amide bonds. The van der Waals surface area contributed by atoms with E-state index in [1.165, 1.54) is 226 Å². The van der Waals surface area contributed by atoms with E-state index in [9.17, 15) is 0 Å². The summed E-state index contributed by atoms with van der Waals surface area (Å²) in [5.74, 6) is 2.38. The highest BCUT2D eigenvalue weighted by atomic mass is 15.2. The third kappa shape index (κ3) is 7.66. The summed E-state index contributed by atoms with van der Waals surface area (Å²) in [7, 11) is 0. The van der Waals surface area contributed by atoms with Crippen LogP contribution in [-0.2, 0) is 0 Å². The van der Waals surface area contributed by atoms with Crippen LogP contribution in [0.25, 0.3) is 53.9 Å². The van der Waals surface area contributed by atoms with Crippen LogP contribution in [-0.4, -0.2) is 0 Å². The first kappa shape index (κ1) is 44.1. The maximum absolute atomic E-state index is 2.67. The van der Waals surface area contributed by atoms with Gasteiger partial charge in [0.05, 0.1) is 22.7 Å². The van der Waals surface area contributed by atoms with Crippen LogP contribution in [0.1, 0.15) is 162 Å². The van der Waals surface area contributed by atoms with Gasteiger partial charge in [-0.05, 0) is 178 Å². The number of fused-ring (bicyclic) bond motifs is 2. The van der Waals surface area contributed by atoms with E-state index < -0.39 is 0 Å². The predicted octanol–water partition coefficient (Wildman–Crippen LogP) is 21.2. The Morgan fingerprint density at radius 1 is 0.264 bits per heavy atom. The van der Waals surface area contributed by atoms with Crippen LogP contribution in [0.15, 0.2) is 170 Å². The smallest absolute Gasteiger partial charge is 0.0543 e. The standard InChI is InChI=1S/C70H68N2/c1-3-21-53(22-4-1)63-45-67(71(65-31-15-27-51-25-11-13-29-57(51)65)55-37-33-49(34-38-55)47-17-7-8-18-47)61-44-42-60-64(54-23-5-2-6-24-54)46-68(62-43-41-59(63)69(61)70(60)62)72(66-32-16-28-52-26-12-14-30-58(52)66)56-39-35-50(36-40-56)48-19-9-10-20-48/h11-16,25-48,53-54H,1-10,17-24H2. The molecule has 0 N–H and O–H groups in total. The Labute approximate surface area is 427 Å². The summed E-state index contributed by atoms with van der Waals surface area (Å²) in [5, 5.41) is 13.6. The fourth-order valence-electron chi connectivity index (χ4n) is 14.8. The van der Waals surface area contributed by atoms with Crippen molar-refractivity contribution in [1.29, 1.82) is 0 Å². The zero-order chi connectivity index (χ0) is 47.5. The number of nitrogens with zero attached hydrogens (tertiary/aromatic N) is 2. The van der Waals surface area contributed by atoms with Gasteiger partial charge in [-0.2, -0.15) is 0 Å². The van der Waals surface area contributed by atoms with E-state index in [1.807, 2.05) is 0 Å². The van der Waals surface area contributed by atoms with Crippen molar-refractivity contribution >= 4 is 88.0 Å². The van der Waals surface area contributed by atoms with Gasteiger partial charge in [-0.3, -0.25) is 0 Å². The van der Waals surface area contributed by atoms with Gasteiger partial charge in [-0.15, -0.1) is 0 Å². The molecule has 14 rings (SSSR count). The third-order valence-corrected chi connectivity index (χ3v) is 18.5.